The molecule has 0 spiro atoms. The molecule has 5 nitrogen and oxygen atoms in total. The van der Waals surface area contributed by atoms with E-state index in [0.29, 0.717) is 6.61 Å². The minimum Gasteiger partial charge on any atom is -0.374 e. The molecule has 0 heterocycles. The van der Waals surface area contributed by atoms with Gasteiger partial charge in [-0.1, -0.05) is 30.3 Å². The second-order valence-electron chi connectivity index (χ2n) is 5.87. The summed E-state index contributed by atoms with van der Waals surface area (Å²) in [4.78, 5) is 12.2. The summed E-state index contributed by atoms with van der Waals surface area (Å²) < 4.78 is 27.7. The Labute approximate surface area is 137 Å². The van der Waals surface area contributed by atoms with E-state index < -0.39 is 7.60 Å². The fraction of sp³-hybridized carbons (Fsp3) is 0.588. The molecule has 0 saturated heterocycles. The van der Waals surface area contributed by atoms with Gasteiger partial charge in [-0.3, -0.25) is 9.36 Å². The van der Waals surface area contributed by atoms with Gasteiger partial charge in [0.05, 0.1) is 12.7 Å². The van der Waals surface area contributed by atoms with Gasteiger partial charge in [0.25, 0.3) is 0 Å². The summed E-state index contributed by atoms with van der Waals surface area (Å²) in [5, 5.41) is 0. The molecule has 0 atom stereocenters. The fourth-order valence-electron chi connectivity index (χ4n) is 2.86. The van der Waals surface area contributed by atoms with E-state index in [2.05, 4.69) is 0 Å². The molecule has 6 heteroatoms. The molecule has 23 heavy (non-hydrogen) atoms. The highest BCUT2D eigenvalue weighted by atomic mass is 31.2. The lowest BCUT2D eigenvalue weighted by atomic mass is 9.85. The molecule has 0 N–H and O–H groups in total. The van der Waals surface area contributed by atoms with Gasteiger partial charge in [0.15, 0.2) is 0 Å². The van der Waals surface area contributed by atoms with Crippen LogP contribution in [0.25, 0.3) is 0 Å². The van der Waals surface area contributed by atoms with Crippen LogP contribution in [0.5, 0.6) is 0 Å². The summed E-state index contributed by atoms with van der Waals surface area (Å²) >= 11 is 0. The molecule has 1 aromatic rings. The standard InChI is InChI=1S/C17H25O5P/c1-20-23(19,21-2)13-17(18)15-8-10-16(11-9-15)22-12-14-6-4-3-5-7-14/h3-7,15-16H,8-13H2,1-2H3. The number of ether oxygens (including phenoxy) is 1. The average Bonchev–Trinajstić information content (AvgIpc) is 2.61. The van der Waals surface area contributed by atoms with Crippen LogP contribution in [0.15, 0.2) is 30.3 Å². The highest BCUT2D eigenvalue weighted by molar-refractivity contribution is 7.54. The summed E-state index contributed by atoms with van der Waals surface area (Å²) in [6.45, 7) is 0.604. The predicted octanol–water partition coefficient (Wildman–Crippen LogP) is 3.82. The smallest absolute Gasteiger partial charge is 0.337 e. The topological polar surface area (TPSA) is 61.8 Å². The van der Waals surface area contributed by atoms with E-state index in [1.807, 2.05) is 30.3 Å². The van der Waals surface area contributed by atoms with Gasteiger partial charge in [0.1, 0.15) is 11.9 Å². The molecule has 0 aliphatic heterocycles. The number of hydrogen-bond donors (Lipinski definition) is 0. The van der Waals surface area contributed by atoms with E-state index in [1.54, 1.807) is 0 Å². The van der Waals surface area contributed by atoms with Gasteiger partial charge in [-0.05, 0) is 31.2 Å². The van der Waals surface area contributed by atoms with Crippen molar-refractivity contribution >= 4 is 13.4 Å². The van der Waals surface area contributed by atoms with Crippen LogP contribution in [-0.4, -0.2) is 32.3 Å². The zero-order chi connectivity index (χ0) is 16.7. The molecule has 1 aliphatic rings. The van der Waals surface area contributed by atoms with Crippen LogP contribution in [0.3, 0.4) is 0 Å². The van der Waals surface area contributed by atoms with E-state index >= 15 is 0 Å². The van der Waals surface area contributed by atoms with Gasteiger partial charge in [-0.15, -0.1) is 0 Å². The molecule has 128 valence electrons. The molecule has 1 aliphatic carbocycles. The van der Waals surface area contributed by atoms with Crippen molar-refractivity contribution in [1.82, 2.24) is 0 Å². The molecule has 0 radical (unpaired) electrons. The van der Waals surface area contributed by atoms with Crippen LogP contribution in [0.1, 0.15) is 31.2 Å². The number of rotatable bonds is 8. The SMILES string of the molecule is COP(=O)(CC(=O)C1CCC(OCc2ccccc2)CC1)OC. The summed E-state index contributed by atoms with van der Waals surface area (Å²) in [7, 11) is -0.630. The fourth-order valence-corrected chi connectivity index (χ4v) is 3.91. The zero-order valence-electron chi connectivity index (χ0n) is 13.8. The number of ketones is 1. The molecular formula is C17H25O5P. The molecular weight excluding hydrogens is 315 g/mol. The Hall–Kier alpha value is -1.00. The van der Waals surface area contributed by atoms with Crippen molar-refractivity contribution in [3.63, 3.8) is 0 Å². The Bertz CT molecular complexity index is 529. The summed E-state index contributed by atoms with van der Waals surface area (Å²) in [5.41, 5.74) is 1.16. The van der Waals surface area contributed by atoms with Crippen LogP contribution in [-0.2, 0) is 29.8 Å². The number of carbonyl (C=O) groups excluding carboxylic acids is 1. The van der Waals surface area contributed by atoms with Gasteiger partial charge >= 0.3 is 7.60 Å². The first-order valence-corrected chi connectivity index (χ1v) is 9.68. The van der Waals surface area contributed by atoms with Crippen molar-refractivity contribution in [2.75, 3.05) is 20.4 Å². The highest BCUT2D eigenvalue weighted by Crippen LogP contribution is 2.47. The van der Waals surface area contributed by atoms with Crippen molar-refractivity contribution in [2.24, 2.45) is 5.92 Å². The highest BCUT2D eigenvalue weighted by Gasteiger charge is 2.32. The van der Waals surface area contributed by atoms with Gasteiger partial charge in [0, 0.05) is 20.1 Å². The Morgan fingerprint density at radius 1 is 1.09 bits per heavy atom. The molecule has 0 unspecified atom stereocenters. The maximum absolute atomic E-state index is 12.2. The van der Waals surface area contributed by atoms with Crippen molar-refractivity contribution in [3.8, 4) is 0 Å². The van der Waals surface area contributed by atoms with Crippen molar-refractivity contribution in [1.29, 1.82) is 0 Å². The third-order valence-corrected chi connectivity index (χ3v) is 6.18. The number of hydrogen-bond acceptors (Lipinski definition) is 5. The van der Waals surface area contributed by atoms with Crippen molar-refractivity contribution in [2.45, 2.75) is 38.4 Å². The first-order valence-electron chi connectivity index (χ1n) is 7.95. The minimum atomic E-state index is -3.25. The summed E-state index contributed by atoms with van der Waals surface area (Å²) in [6.07, 6.45) is 3.30. The van der Waals surface area contributed by atoms with Crippen LogP contribution >= 0.6 is 7.60 Å². The third kappa shape index (κ3) is 5.54. The van der Waals surface area contributed by atoms with E-state index in [4.69, 9.17) is 13.8 Å². The Kier molecular flexibility index (Phi) is 6.97. The maximum atomic E-state index is 12.2. The van der Waals surface area contributed by atoms with Gasteiger partial charge in [0.2, 0.25) is 0 Å². The summed E-state index contributed by atoms with van der Waals surface area (Å²) in [6, 6.07) is 10.1. The first kappa shape index (κ1) is 18.3. The second kappa shape index (κ2) is 8.74. The molecule has 0 amide bonds. The number of Topliss-reactive ketones (excluding diaryl/α,β-unsaturated/α-hetero) is 1. The van der Waals surface area contributed by atoms with Gasteiger partial charge in [-0.2, -0.15) is 0 Å². The normalized spacial score (nSPS) is 22.0. The third-order valence-electron chi connectivity index (χ3n) is 4.36. The van der Waals surface area contributed by atoms with Crippen LogP contribution in [0, 0.1) is 5.92 Å². The lowest BCUT2D eigenvalue weighted by Crippen LogP contribution is -2.28. The quantitative estimate of drug-likeness (QED) is 0.673. The Morgan fingerprint density at radius 3 is 2.26 bits per heavy atom. The van der Waals surface area contributed by atoms with E-state index in [1.165, 1.54) is 14.2 Å². The van der Waals surface area contributed by atoms with Gasteiger partial charge in [-0.25, -0.2) is 0 Å². The first-order chi connectivity index (χ1) is 11.1. The predicted molar refractivity (Wildman–Crippen MR) is 88.5 cm³/mol. The molecule has 1 aromatic carbocycles. The van der Waals surface area contributed by atoms with Crippen molar-refractivity contribution < 1.29 is 23.1 Å². The Balaban J connectivity index is 1.75. The van der Waals surface area contributed by atoms with Crippen molar-refractivity contribution in [3.05, 3.63) is 35.9 Å². The summed E-state index contributed by atoms with van der Waals surface area (Å²) in [5.74, 6) is -0.0938. The number of benzene rings is 1. The van der Waals surface area contributed by atoms with Crippen LogP contribution in [0.2, 0.25) is 0 Å². The molecule has 0 aromatic heterocycles. The largest absolute Gasteiger partial charge is 0.374 e. The van der Waals surface area contributed by atoms with E-state index in [-0.39, 0.29) is 24.0 Å². The van der Waals surface area contributed by atoms with E-state index in [9.17, 15) is 9.36 Å². The molecule has 1 saturated carbocycles. The molecule has 2 rings (SSSR count). The van der Waals surface area contributed by atoms with E-state index in [0.717, 1.165) is 31.2 Å². The molecule has 0 bridgehead atoms. The molecule has 1 fully saturated rings. The van der Waals surface area contributed by atoms with Gasteiger partial charge < -0.3 is 13.8 Å². The van der Waals surface area contributed by atoms with Crippen LogP contribution in [0.4, 0.5) is 0 Å². The maximum Gasteiger partial charge on any atom is 0.337 e. The lowest BCUT2D eigenvalue weighted by molar-refractivity contribution is -0.122. The zero-order valence-corrected chi connectivity index (χ0v) is 14.7. The lowest BCUT2D eigenvalue weighted by Gasteiger charge is -2.28. The Morgan fingerprint density at radius 2 is 1.70 bits per heavy atom. The second-order valence-corrected chi connectivity index (χ2v) is 8.14. The number of carbonyl (C=O) groups is 1. The minimum absolute atomic E-state index is 0.0291. The van der Waals surface area contributed by atoms with Crippen LogP contribution < -0.4 is 0 Å². The average molecular weight is 340 g/mol. The monoisotopic (exact) mass is 340 g/mol.